The molecule has 44 heavy (non-hydrogen) atoms. The minimum absolute atomic E-state index is 0.0316. The monoisotopic (exact) mass is 630 g/mol. The number of hydrogen-bond donors (Lipinski definition) is 3. The largest absolute Gasteiger partial charge is 0.391 e. The molecule has 10 nitrogen and oxygen atoms in total. The van der Waals surface area contributed by atoms with E-state index < -0.39 is 23.6 Å². The average Bonchev–Trinajstić information content (AvgIpc) is 3.60. The predicted molar refractivity (Wildman–Crippen MR) is 172 cm³/mol. The van der Waals surface area contributed by atoms with Gasteiger partial charge in [-0.1, -0.05) is 71.2 Å². The Kier molecular flexibility index (Phi) is 14.2. The highest BCUT2D eigenvalue weighted by molar-refractivity contribution is 7.13. The summed E-state index contributed by atoms with van der Waals surface area (Å²) in [5.74, 6) is -1.03. The summed E-state index contributed by atoms with van der Waals surface area (Å²) in [7, 11) is 0. The van der Waals surface area contributed by atoms with Crippen molar-refractivity contribution >= 4 is 29.1 Å². The van der Waals surface area contributed by atoms with E-state index >= 15 is 0 Å². The third-order valence-corrected chi connectivity index (χ3v) is 8.68. The van der Waals surface area contributed by atoms with Crippen LogP contribution in [0, 0.1) is 12.3 Å². The van der Waals surface area contributed by atoms with Gasteiger partial charge in [-0.05, 0) is 29.9 Å². The molecule has 0 saturated carbocycles. The number of ether oxygens (including phenoxy) is 2. The molecule has 3 rings (SSSR count). The van der Waals surface area contributed by atoms with Crippen molar-refractivity contribution in [3.63, 3.8) is 0 Å². The fourth-order valence-electron chi connectivity index (χ4n) is 5.13. The number of rotatable bonds is 17. The van der Waals surface area contributed by atoms with Crippen LogP contribution < -0.4 is 10.6 Å². The van der Waals surface area contributed by atoms with Crippen molar-refractivity contribution in [2.45, 2.75) is 97.9 Å². The highest BCUT2D eigenvalue weighted by atomic mass is 32.1. The lowest BCUT2D eigenvalue weighted by atomic mass is 9.85. The Morgan fingerprint density at radius 3 is 2.41 bits per heavy atom. The number of amides is 3. The second-order valence-corrected chi connectivity index (χ2v) is 13.3. The minimum atomic E-state index is -0.871. The number of carbonyl (C=O) groups is 3. The van der Waals surface area contributed by atoms with Crippen LogP contribution in [-0.2, 0) is 30.4 Å². The standard InChI is InChI=1S/C33H50N4O6S/c1-6-7-8-9-15-42-17-18-43-16-14-28(39)36-30(33(3,4)5)32(41)37-21-26(38)19-27(37)31(40)34-20-24-10-12-25(13-11-24)29-23(2)35-22-44-29/h10-13,22,26-27,30,38H,6-9,14-21H2,1-5H3,(H,34,40)(H,36,39)/t26-,27+,30-/m1/s1. The normalized spacial score (nSPS) is 17.5. The number of aliphatic hydroxyl groups is 1. The Bertz CT molecular complexity index is 1200. The van der Waals surface area contributed by atoms with Gasteiger partial charge in [0.25, 0.3) is 0 Å². The van der Waals surface area contributed by atoms with E-state index in [4.69, 9.17) is 9.47 Å². The first-order valence-corrected chi connectivity index (χ1v) is 16.6. The molecule has 2 aromatic rings. The Labute approximate surface area is 265 Å². The zero-order valence-electron chi connectivity index (χ0n) is 26.9. The topological polar surface area (TPSA) is 130 Å². The van der Waals surface area contributed by atoms with E-state index in [0.29, 0.717) is 26.4 Å². The zero-order valence-corrected chi connectivity index (χ0v) is 27.7. The Morgan fingerprint density at radius 2 is 1.77 bits per heavy atom. The number of likely N-dealkylation sites (tertiary alicyclic amines) is 1. The van der Waals surface area contributed by atoms with E-state index in [-0.39, 0.29) is 43.7 Å². The summed E-state index contributed by atoms with van der Waals surface area (Å²) in [4.78, 5) is 46.6. The van der Waals surface area contributed by atoms with Gasteiger partial charge in [-0.25, -0.2) is 4.98 Å². The van der Waals surface area contributed by atoms with Crippen molar-refractivity contribution < 1.29 is 29.0 Å². The van der Waals surface area contributed by atoms with E-state index in [1.165, 1.54) is 17.7 Å². The number of aromatic nitrogens is 1. The Hall–Kier alpha value is -2.86. The molecule has 1 fully saturated rings. The van der Waals surface area contributed by atoms with Gasteiger partial charge in [-0.15, -0.1) is 11.3 Å². The molecule has 11 heteroatoms. The molecule has 1 aromatic heterocycles. The number of nitrogens with one attached hydrogen (secondary N) is 2. The molecule has 1 aromatic carbocycles. The van der Waals surface area contributed by atoms with Crippen molar-refractivity contribution in [2.75, 3.05) is 33.0 Å². The van der Waals surface area contributed by atoms with E-state index in [1.807, 2.05) is 57.5 Å². The van der Waals surface area contributed by atoms with Gasteiger partial charge in [0.2, 0.25) is 17.7 Å². The summed E-state index contributed by atoms with van der Waals surface area (Å²) in [5.41, 5.74) is 4.17. The first-order valence-electron chi connectivity index (χ1n) is 15.7. The van der Waals surface area contributed by atoms with Crippen LogP contribution in [0.25, 0.3) is 10.4 Å². The number of unbranched alkanes of at least 4 members (excludes halogenated alkanes) is 3. The first-order chi connectivity index (χ1) is 21.0. The fraction of sp³-hybridized carbons (Fsp3) is 0.636. The number of thiazole rings is 1. The van der Waals surface area contributed by atoms with Gasteiger partial charge >= 0.3 is 0 Å². The summed E-state index contributed by atoms with van der Waals surface area (Å²) in [6.45, 7) is 11.9. The number of aliphatic hydroxyl groups excluding tert-OH is 1. The second-order valence-electron chi connectivity index (χ2n) is 12.5. The molecule has 0 aliphatic carbocycles. The Balaban J connectivity index is 1.49. The number of nitrogens with zero attached hydrogens (tertiary/aromatic N) is 2. The van der Waals surface area contributed by atoms with Crippen LogP contribution in [0.5, 0.6) is 0 Å². The smallest absolute Gasteiger partial charge is 0.246 e. The SMILES string of the molecule is CCCCCCOCCOCCC(=O)N[C@H](C(=O)N1C[C@H](O)C[C@H]1C(=O)NCc1ccc(-c2scnc2C)cc1)C(C)(C)C. The van der Waals surface area contributed by atoms with Gasteiger partial charge in [0.1, 0.15) is 12.1 Å². The number of benzene rings is 1. The number of carbonyl (C=O) groups excluding carboxylic acids is 3. The van der Waals surface area contributed by atoms with Crippen LogP contribution in [0.15, 0.2) is 29.8 Å². The van der Waals surface area contributed by atoms with Crippen molar-refractivity contribution in [2.24, 2.45) is 5.41 Å². The maximum absolute atomic E-state index is 13.8. The summed E-state index contributed by atoms with van der Waals surface area (Å²) in [6, 6.07) is 6.22. The molecule has 3 atom stereocenters. The number of β-amino-alcohol motifs (C(OH)–C–C–N with tert-alkyl or cyclic N) is 1. The lowest BCUT2D eigenvalue weighted by Crippen LogP contribution is -2.57. The second kappa shape index (κ2) is 17.6. The number of aryl methyl sites for hydroxylation is 1. The minimum Gasteiger partial charge on any atom is -0.391 e. The predicted octanol–water partition coefficient (Wildman–Crippen LogP) is 4.23. The molecule has 3 amide bonds. The molecule has 244 valence electrons. The fourth-order valence-corrected chi connectivity index (χ4v) is 5.94. The van der Waals surface area contributed by atoms with Crippen molar-refractivity contribution in [3.05, 3.63) is 41.0 Å². The van der Waals surface area contributed by atoms with Crippen LogP contribution in [0.1, 0.15) is 77.5 Å². The van der Waals surface area contributed by atoms with Crippen molar-refractivity contribution in [1.82, 2.24) is 20.5 Å². The van der Waals surface area contributed by atoms with E-state index in [0.717, 1.165) is 34.5 Å². The maximum atomic E-state index is 13.8. The van der Waals surface area contributed by atoms with Gasteiger partial charge < -0.3 is 30.1 Å². The summed E-state index contributed by atoms with van der Waals surface area (Å²) < 4.78 is 11.1. The van der Waals surface area contributed by atoms with Crippen LogP contribution in [0.3, 0.4) is 0 Å². The molecule has 3 N–H and O–H groups in total. The molecule has 0 unspecified atom stereocenters. The van der Waals surface area contributed by atoms with Gasteiger partial charge in [-0.3, -0.25) is 14.4 Å². The molecule has 1 aliphatic rings. The third kappa shape index (κ3) is 10.9. The highest BCUT2D eigenvalue weighted by Crippen LogP contribution is 2.28. The molecule has 0 radical (unpaired) electrons. The van der Waals surface area contributed by atoms with Gasteiger partial charge in [-0.2, -0.15) is 0 Å². The molecule has 2 heterocycles. The van der Waals surface area contributed by atoms with Crippen molar-refractivity contribution in [3.8, 4) is 10.4 Å². The maximum Gasteiger partial charge on any atom is 0.246 e. The van der Waals surface area contributed by atoms with Crippen LogP contribution in [0.2, 0.25) is 0 Å². The zero-order chi connectivity index (χ0) is 32.1. The highest BCUT2D eigenvalue weighted by Gasteiger charge is 2.44. The quantitative estimate of drug-likeness (QED) is 0.223. The van der Waals surface area contributed by atoms with Crippen LogP contribution >= 0.6 is 11.3 Å². The lowest BCUT2D eigenvalue weighted by molar-refractivity contribution is -0.144. The van der Waals surface area contributed by atoms with Crippen molar-refractivity contribution in [1.29, 1.82) is 0 Å². The van der Waals surface area contributed by atoms with Gasteiger partial charge in [0, 0.05) is 32.5 Å². The van der Waals surface area contributed by atoms with E-state index in [9.17, 15) is 19.5 Å². The summed E-state index contributed by atoms with van der Waals surface area (Å²) >= 11 is 1.58. The summed E-state index contributed by atoms with van der Waals surface area (Å²) in [6.07, 6.45) is 4.02. The van der Waals surface area contributed by atoms with Gasteiger partial charge in [0.15, 0.2) is 0 Å². The average molecular weight is 631 g/mol. The molecule has 1 aliphatic heterocycles. The van der Waals surface area contributed by atoms with Crippen LogP contribution in [0.4, 0.5) is 0 Å². The molecule has 1 saturated heterocycles. The lowest BCUT2D eigenvalue weighted by Gasteiger charge is -2.35. The third-order valence-electron chi connectivity index (χ3n) is 7.70. The van der Waals surface area contributed by atoms with Gasteiger partial charge in [0.05, 0.1) is 42.0 Å². The molecular weight excluding hydrogens is 580 g/mol. The summed E-state index contributed by atoms with van der Waals surface area (Å²) in [5, 5.41) is 16.2. The first kappa shape index (κ1) is 35.6. The molecule has 0 bridgehead atoms. The van der Waals surface area contributed by atoms with Crippen LogP contribution in [-0.4, -0.2) is 83.9 Å². The molecule has 0 spiro atoms. The Morgan fingerprint density at radius 1 is 1.07 bits per heavy atom. The number of hydrogen-bond acceptors (Lipinski definition) is 8. The van der Waals surface area contributed by atoms with E-state index in [2.05, 4.69) is 22.5 Å². The molecular formula is C33H50N4O6S. The van der Waals surface area contributed by atoms with E-state index in [1.54, 1.807) is 11.3 Å².